The fraction of sp³-hybridized carbons (Fsp3) is 0.214. The molecular formula is C14H14N6O2. The summed E-state index contributed by atoms with van der Waals surface area (Å²) in [5.74, 6) is 0.420. The largest absolute Gasteiger partial charge is 0.472 e. The highest BCUT2D eigenvalue weighted by Crippen LogP contribution is 2.18. The van der Waals surface area contributed by atoms with Crippen LogP contribution in [0.2, 0.25) is 0 Å². The molecule has 0 aliphatic carbocycles. The normalized spacial score (nSPS) is 10.6. The first-order chi connectivity index (χ1) is 10.7. The summed E-state index contributed by atoms with van der Waals surface area (Å²) < 4.78 is 8.07. The highest BCUT2D eigenvalue weighted by atomic mass is 16.5. The van der Waals surface area contributed by atoms with E-state index in [-0.39, 0.29) is 12.3 Å². The van der Waals surface area contributed by atoms with Gasteiger partial charge in [0.1, 0.15) is 6.61 Å². The molecule has 3 rings (SSSR count). The topological polar surface area (TPSA) is 87.7 Å². The average molecular weight is 298 g/mol. The Morgan fingerprint density at radius 3 is 2.77 bits per heavy atom. The molecule has 0 amide bonds. The van der Waals surface area contributed by atoms with Gasteiger partial charge < -0.3 is 4.74 Å². The number of ether oxygens (including phenoxy) is 1. The van der Waals surface area contributed by atoms with Crippen LogP contribution in [0.1, 0.15) is 11.1 Å². The molecule has 112 valence electrons. The van der Waals surface area contributed by atoms with Gasteiger partial charge in [-0.2, -0.15) is 9.36 Å². The molecule has 0 aliphatic heterocycles. The van der Waals surface area contributed by atoms with Gasteiger partial charge in [0.15, 0.2) is 0 Å². The standard InChI is InChI=1S/C14H14N6O2/c1-10-4-3-5-12(20-14(21)19(2)17-18-20)11(10)9-22-13-8-15-6-7-16-13/h3-8H,9H2,1-2H3. The molecule has 2 aromatic heterocycles. The number of rotatable bonds is 4. The van der Waals surface area contributed by atoms with Gasteiger partial charge in [0.25, 0.3) is 0 Å². The minimum Gasteiger partial charge on any atom is -0.472 e. The van der Waals surface area contributed by atoms with E-state index in [0.717, 1.165) is 11.1 Å². The molecule has 0 saturated carbocycles. The van der Waals surface area contributed by atoms with Crippen LogP contribution in [0.4, 0.5) is 0 Å². The summed E-state index contributed by atoms with van der Waals surface area (Å²) in [6, 6.07) is 5.61. The lowest BCUT2D eigenvalue weighted by molar-refractivity contribution is 0.291. The van der Waals surface area contributed by atoms with Crippen LogP contribution in [0.3, 0.4) is 0 Å². The van der Waals surface area contributed by atoms with Crippen molar-refractivity contribution in [2.24, 2.45) is 7.05 Å². The Labute approximate surface area is 126 Å². The Morgan fingerprint density at radius 1 is 1.23 bits per heavy atom. The lowest BCUT2D eigenvalue weighted by Crippen LogP contribution is -2.23. The molecule has 0 unspecified atom stereocenters. The van der Waals surface area contributed by atoms with Crippen LogP contribution in [0.5, 0.6) is 5.88 Å². The second-order valence-corrected chi connectivity index (χ2v) is 4.70. The molecule has 0 spiro atoms. The highest BCUT2D eigenvalue weighted by molar-refractivity contribution is 5.44. The summed E-state index contributed by atoms with van der Waals surface area (Å²) in [5.41, 5.74) is 2.16. The van der Waals surface area contributed by atoms with Gasteiger partial charge in [-0.25, -0.2) is 9.78 Å². The predicted octanol–water partition coefficient (Wildman–Crippen LogP) is 0.643. The van der Waals surface area contributed by atoms with Gasteiger partial charge in [-0.3, -0.25) is 4.98 Å². The number of nitrogens with zero attached hydrogens (tertiary/aromatic N) is 6. The van der Waals surface area contributed by atoms with E-state index in [1.54, 1.807) is 25.5 Å². The van der Waals surface area contributed by atoms with Crippen molar-refractivity contribution in [3.8, 4) is 11.6 Å². The summed E-state index contributed by atoms with van der Waals surface area (Å²) in [6.45, 7) is 2.20. The first-order valence-electron chi connectivity index (χ1n) is 6.63. The van der Waals surface area contributed by atoms with E-state index < -0.39 is 0 Å². The van der Waals surface area contributed by atoms with Crippen LogP contribution in [0.25, 0.3) is 5.69 Å². The number of hydrogen-bond acceptors (Lipinski definition) is 6. The Bertz CT molecular complexity index is 840. The van der Waals surface area contributed by atoms with E-state index in [1.165, 1.54) is 15.6 Å². The summed E-state index contributed by atoms with van der Waals surface area (Å²) in [5, 5.41) is 7.61. The zero-order chi connectivity index (χ0) is 15.5. The van der Waals surface area contributed by atoms with E-state index in [0.29, 0.717) is 11.6 Å². The Morgan fingerprint density at radius 2 is 2.09 bits per heavy atom. The molecule has 22 heavy (non-hydrogen) atoms. The zero-order valence-corrected chi connectivity index (χ0v) is 12.2. The third kappa shape index (κ3) is 2.58. The smallest absolute Gasteiger partial charge is 0.368 e. The zero-order valence-electron chi connectivity index (χ0n) is 12.2. The van der Waals surface area contributed by atoms with E-state index in [4.69, 9.17) is 4.74 Å². The van der Waals surface area contributed by atoms with Crippen molar-refractivity contribution in [2.75, 3.05) is 0 Å². The fourth-order valence-electron chi connectivity index (χ4n) is 2.04. The number of aromatic nitrogens is 6. The predicted molar refractivity (Wildman–Crippen MR) is 77.7 cm³/mol. The lowest BCUT2D eigenvalue weighted by atomic mass is 10.1. The molecule has 2 heterocycles. The first-order valence-corrected chi connectivity index (χ1v) is 6.63. The maximum Gasteiger partial charge on any atom is 0.368 e. The van der Waals surface area contributed by atoms with Crippen LogP contribution in [-0.2, 0) is 13.7 Å². The summed E-state index contributed by atoms with van der Waals surface area (Å²) in [7, 11) is 1.55. The first kappa shape index (κ1) is 13.9. The molecule has 0 radical (unpaired) electrons. The Hall–Kier alpha value is -3.03. The molecule has 0 N–H and O–H groups in total. The van der Waals surface area contributed by atoms with Crippen molar-refractivity contribution in [3.63, 3.8) is 0 Å². The second kappa shape index (κ2) is 5.76. The van der Waals surface area contributed by atoms with Gasteiger partial charge in [0.2, 0.25) is 5.88 Å². The molecule has 8 heteroatoms. The molecular weight excluding hydrogens is 284 g/mol. The second-order valence-electron chi connectivity index (χ2n) is 4.70. The van der Waals surface area contributed by atoms with Gasteiger partial charge in [-0.1, -0.05) is 12.1 Å². The Balaban J connectivity index is 1.97. The SMILES string of the molecule is Cc1cccc(-n2nnn(C)c2=O)c1COc1cnccn1. The molecule has 0 bridgehead atoms. The van der Waals surface area contributed by atoms with E-state index in [2.05, 4.69) is 20.4 Å². The van der Waals surface area contributed by atoms with Crippen LogP contribution < -0.4 is 10.4 Å². The summed E-state index contributed by atoms with van der Waals surface area (Å²) in [4.78, 5) is 20.1. The number of tetrazole rings is 1. The molecule has 0 fully saturated rings. The van der Waals surface area contributed by atoms with Crippen LogP contribution >= 0.6 is 0 Å². The molecule has 1 aromatic carbocycles. The van der Waals surface area contributed by atoms with E-state index in [9.17, 15) is 4.79 Å². The van der Waals surface area contributed by atoms with Gasteiger partial charge in [0, 0.05) is 25.0 Å². The average Bonchev–Trinajstić information content (AvgIpc) is 2.86. The quantitative estimate of drug-likeness (QED) is 0.702. The van der Waals surface area contributed by atoms with Gasteiger partial charge in [-0.15, -0.1) is 0 Å². The summed E-state index contributed by atoms with van der Waals surface area (Å²) in [6.07, 6.45) is 4.67. The monoisotopic (exact) mass is 298 g/mol. The maximum absolute atomic E-state index is 12.0. The molecule has 0 atom stereocenters. The van der Waals surface area contributed by atoms with E-state index in [1.807, 2.05) is 19.1 Å². The number of aryl methyl sites for hydroxylation is 2. The third-order valence-electron chi connectivity index (χ3n) is 3.24. The third-order valence-corrected chi connectivity index (χ3v) is 3.24. The highest BCUT2D eigenvalue weighted by Gasteiger charge is 2.13. The number of benzene rings is 1. The van der Waals surface area contributed by atoms with Gasteiger partial charge in [-0.05, 0) is 29.0 Å². The fourth-order valence-corrected chi connectivity index (χ4v) is 2.04. The van der Waals surface area contributed by atoms with Crippen molar-refractivity contribution < 1.29 is 4.74 Å². The molecule has 0 aliphatic rings. The Kier molecular flexibility index (Phi) is 3.65. The lowest BCUT2D eigenvalue weighted by Gasteiger charge is -2.12. The number of hydrogen-bond donors (Lipinski definition) is 0. The van der Waals surface area contributed by atoms with Crippen LogP contribution in [0, 0.1) is 6.92 Å². The van der Waals surface area contributed by atoms with Crippen LogP contribution in [-0.4, -0.2) is 29.8 Å². The minimum atomic E-state index is -0.314. The molecule has 3 aromatic rings. The summed E-state index contributed by atoms with van der Waals surface area (Å²) >= 11 is 0. The van der Waals surface area contributed by atoms with Gasteiger partial charge in [0.05, 0.1) is 11.9 Å². The van der Waals surface area contributed by atoms with Crippen molar-refractivity contribution in [1.29, 1.82) is 0 Å². The van der Waals surface area contributed by atoms with Crippen molar-refractivity contribution in [2.45, 2.75) is 13.5 Å². The van der Waals surface area contributed by atoms with Crippen LogP contribution in [0.15, 0.2) is 41.6 Å². The van der Waals surface area contributed by atoms with Gasteiger partial charge >= 0.3 is 5.69 Å². The van der Waals surface area contributed by atoms with E-state index >= 15 is 0 Å². The molecule has 0 saturated heterocycles. The van der Waals surface area contributed by atoms with Crippen molar-refractivity contribution in [1.82, 2.24) is 29.8 Å². The minimum absolute atomic E-state index is 0.254. The van der Waals surface area contributed by atoms with Crippen molar-refractivity contribution in [3.05, 3.63) is 58.4 Å². The molecule has 8 nitrogen and oxygen atoms in total. The maximum atomic E-state index is 12.0. The van der Waals surface area contributed by atoms with Crippen molar-refractivity contribution >= 4 is 0 Å².